The zero-order valence-electron chi connectivity index (χ0n) is 10.2. The second kappa shape index (κ2) is 4.94. The molecule has 5 heteroatoms. The standard InChI is InChI=1S/C14H11F2N3/c1-8-6-9(7-19-14(8)18)2-3-10-11(15)4-5-12(17)13(10)16/h4-7H,17H2,1H3,(H2,18,19). The van der Waals surface area contributed by atoms with Gasteiger partial charge < -0.3 is 11.5 Å². The van der Waals surface area contributed by atoms with Crippen molar-refractivity contribution in [2.75, 3.05) is 11.5 Å². The molecule has 0 radical (unpaired) electrons. The lowest BCUT2D eigenvalue weighted by Gasteiger charge is -2.00. The van der Waals surface area contributed by atoms with E-state index in [0.717, 1.165) is 17.7 Å². The summed E-state index contributed by atoms with van der Waals surface area (Å²) in [6.07, 6.45) is 1.44. The maximum Gasteiger partial charge on any atom is 0.164 e. The van der Waals surface area contributed by atoms with E-state index < -0.39 is 11.6 Å². The average Bonchev–Trinajstić information content (AvgIpc) is 2.38. The SMILES string of the molecule is Cc1cc(C#Cc2c(F)ccc(N)c2F)cnc1N. The maximum absolute atomic E-state index is 13.6. The quantitative estimate of drug-likeness (QED) is 0.563. The lowest BCUT2D eigenvalue weighted by atomic mass is 10.1. The van der Waals surface area contributed by atoms with Crippen LogP contribution in [0, 0.1) is 30.4 Å². The second-order valence-corrected chi connectivity index (χ2v) is 4.00. The maximum atomic E-state index is 13.6. The number of aromatic nitrogens is 1. The van der Waals surface area contributed by atoms with Gasteiger partial charge in [-0.15, -0.1) is 0 Å². The van der Waals surface area contributed by atoms with Gasteiger partial charge in [-0.2, -0.15) is 0 Å². The molecule has 2 rings (SSSR count). The van der Waals surface area contributed by atoms with E-state index in [1.165, 1.54) is 6.20 Å². The molecule has 0 saturated heterocycles. The van der Waals surface area contributed by atoms with Gasteiger partial charge in [-0.3, -0.25) is 0 Å². The average molecular weight is 259 g/mol. The van der Waals surface area contributed by atoms with Gasteiger partial charge in [0.1, 0.15) is 11.6 Å². The third-order valence-electron chi connectivity index (χ3n) is 2.57. The number of nitrogens with two attached hydrogens (primary N) is 2. The van der Waals surface area contributed by atoms with Crippen LogP contribution in [0.25, 0.3) is 0 Å². The molecule has 1 heterocycles. The molecule has 1 aromatic carbocycles. The van der Waals surface area contributed by atoms with Gasteiger partial charge in [-0.1, -0.05) is 11.8 Å². The molecule has 0 unspecified atom stereocenters. The van der Waals surface area contributed by atoms with E-state index in [0.29, 0.717) is 11.4 Å². The largest absolute Gasteiger partial charge is 0.396 e. The number of hydrogen-bond acceptors (Lipinski definition) is 3. The van der Waals surface area contributed by atoms with Crippen LogP contribution in [0.4, 0.5) is 20.3 Å². The summed E-state index contributed by atoms with van der Waals surface area (Å²) < 4.78 is 27.0. The highest BCUT2D eigenvalue weighted by Crippen LogP contribution is 2.17. The molecule has 19 heavy (non-hydrogen) atoms. The van der Waals surface area contributed by atoms with Crippen molar-refractivity contribution in [2.24, 2.45) is 0 Å². The Morgan fingerprint density at radius 3 is 2.58 bits per heavy atom. The van der Waals surface area contributed by atoms with Gasteiger partial charge in [-0.25, -0.2) is 13.8 Å². The highest BCUT2D eigenvalue weighted by atomic mass is 19.1. The summed E-state index contributed by atoms with van der Waals surface area (Å²) in [5.74, 6) is 3.85. The smallest absolute Gasteiger partial charge is 0.164 e. The minimum Gasteiger partial charge on any atom is -0.396 e. The summed E-state index contributed by atoms with van der Waals surface area (Å²) in [7, 11) is 0. The fourth-order valence-electron chi connectivity index (χ4n) is 1.47. The number of anilines is 2. The molecule has 1 aromatic heterocycles. The molecule has 4 N–H and O–H groups in total. The Bertz CT molecular complexity index is 700. The zero-order chi connectivity index (χ0) is 14.0. The van der Waals surface area contributed by atoms with Crippen LogP contribution in [0.5, 0.6) is 0 Å². The van der Waals surface area contributed by atoms with Gasteiger partial charge in [0.25, 0.3) is 0 Å². The summed E-state index contributed by atoms with van der Waals surface area (Å²) in [5.41, 5.74) is 11.7. The summed E-state index contributed by atoms with van der Waals surface area (Å²) in [4.78, 5) is 3.92. The highest BCUT2D eigenvalue weighted by Gasteiger charge is 2.09. The Hall–Kier alpha value is -2.61. The van der Waals surface area contributed by atoms with Gasteiger partial charge in [0.15, 0.2) is 5.82 Å². The molecule has 0 aliphatic carbocycles. The van der Waals surface area contributed by atoms with Gasteiger partial charge in [-0.05, 0) is 30.7 Å². The molecule has 96 valence electrons. The number of nitrogen functional groups attached to an aromatic ring is 2. The van der Waals surface area contributed by atoms with Crippen LogP contribution in [0.15, 0.2) is 24.4 Å². The Morgan fingerprint density at radius 2 is 1.89 bits per heavy atom. The lowest BCUT2D eigenvalue weighted by Crippen LogP contribution is -1.97. The molecule has 0 spiro atoms. The van der Waals surface area contributed by atoms with E-state index in [1.807, 2.05) is 0 Å². The number of nitrogens with zero attached hydrogens (tertiary/aromatic N) is 1. The van der Waals surface area contributed by atoms with Gasteiger partial charge in [0.05, 0.1) is 11.3 Å². The lowest BCUT2D eigenvalue weighted by molar-refractivity contribution is 0.580. The molecule has 0 aliphatic heterocycles. The van der Waals surface area contributed by atoms with E-state index in [2.05, 4.69) is 16.8 Å². The Balaban J connectivity index is 2.45. The van der Waals surface area contributed by atoms with Crippen LogP contribution in [0.3, 0.4) is 0 Å². The predicted octanol–water partition coefficient (Wildman–Crippen LogP) is 2.23. The van der Waals surface area contributed by atoms with Crippen LogP contribution >= 0.6 is 0 Å². The zero-order valence-corrected chi connectivity index (χ0v) is 10.2. The normalized spacial score (nSPS) is 9.84. The second-order valence-electron chi connectivity index (χ2n) is 4.00. The van der Waals surface area contributed by atoms with Crippen molar-refractivity contribution >= 4 is 11.5 Å². The highest BCUT2D eigenvalue weighted by molar-refractivity contribution is 5.53. The monoisotopic (exact) mass is 259 g/mol. The molecule has 0 aliphatic rings. The van der Waals surface area contributed by atoms with Crippen molar-refractivity contribution in [2.45, 2.75) is 6.92 Å². The summed E-state index contributed by atoms with van der Waals surface area (Å²) >= 11 is 0. The first-order valence-electron chi connectivity index (χ1n) is 5.46. The molecule has 0 fully saturated rings. The molecule has 0 bridgehead atoms. The predicted molar refractivity (Wildman–Crippen MR) is 70.1 cm³/mol. The summed E-state index contributed by atoms with van der Waals surface area (Å²) in [6.45, 7) is 1.77. The number of aryl methyl sites for hydroxylation is 1. The number of pyridine rings is 1. The van der Waals surface area contributed by atoms with Crippen molar-refractivity contribution in [3.63, 3.8) is 0 Å². The van der Waals surface area contributed by atoms with E-state index in [1.54, 1.807) is 13.0 Å². The van der Waals surface area contributed by atoms with Crippen LogP contribution < -0.4 is 11.5 Å². The molecular formula is C14H11F2N3. The Morgan fingerprint density at radius 1 is 1.16 bits per heavy atom. The van der Waals surface area contributed by atoms with Crippen molar-refractivity contribution in [3.8, 4) is 11.8 Å². The fourth-order valence-corrected chi connectivity index (χ4v) is 1.47. The van der Waals surface area contributed by atoms with Crippen LogP contribution in [-0.2, 0) is 0 Å². The van der Waals surface area contributed by atoms with E-state index in [-0.39, 0.29) is 11.3 Å². The van der Waals surface area contributed by atoms with Crippen LogP contribution in [0.2, 0.25) is 0 Å². The van der Waals surface area contributed by atoms with Crippen LogP contribution in [0.1, 0.15) is 16.7 Å². The third kappa shape index (κ3) is 2.63. The minimum absolute atomic E-state index is 0.141. The van der Waals surface area contributed by atoms with Gasteiger partial charge in [0.2, 0.25) is 0 Å². The van der Waals surface area contributed by atoms with Gasteiger partial charge in [0, 0.05) is 11.8 Å². The first kappa shape index (κ1) is 12.8. The molecule has 0 amide bonds. The number of hydrogen-bond donors (Lipinski definition) is 2. The van der Waals surface area contributed by atoms with E-state index in [9.17, 15) is 8.78 Å². The number of halogens is 2. The number of benzene rings is 1. The van der Waals surface area contributed by atoms with Gasteiger partial charge >= 0.3 is 0 Å². The van der Waals surface area contributed by atoms with E-state index in [4.69, 9.17) is 11.5 Å². The molecule has 2 aromatic rings. The third-order valence-corrected chi connectivity index (χ3v) is 2.57. The minimum atomic E-state index is -0.854. The molecule has 3 nitrogen and oxygen atoms in total. The number of rotatable bonds is 0. The Labute approximate surface area is 109 Å². The fraction of sp³-hybridized carbons (Fsp3) is 0.0714. The summed E-state index contributed by atoms with van der Waals surface area (Å²) in [5, 5.41) is 0. The first-order chi connectivity index (χ1) is 8.99. The van der Waals surface area contributed by atoms with Crippen LogP contribution in [-0.4, -0.2) is 4.98 Å². The summed E-state index contributed by atoms with van der Waals surface area (Å²) in [6, 6.07) is 3.93. The molecule has 0 atom stereocenters. The van der Waals surface area contributed by atoms with Crippen molar-refractivity contribution in [1.82, 2.24) is 4.98 Å². The Kier molecular flexibility index (Phi) is 3.34. The van der Waals surface area contributed by atoms with Crippen molar-refractivity contribution in [1.29, 1.82) is 0 Å². The molecular weight excluding hydrogens is 248 g/mol. The van der Waals surface area contributed by atoms with Crippen molar-refractivity contribution in [3.05, 3.63) is 52.7 Å². The topological polar surface area (TPSA) is 64.9 Å². The molecule has 0 saturated carbocycles. The first-order valence-corrected chi connectivity index (χ1v) is 5.46. The van der Waals surface area contributed by atoms with Crippen molar-refractivity contribution < 1.29 is 8.78 Å². The van der Waals surface area contributed by atoms with E-state index >= 15 is 0 Å².